The van der Waals surface area contributed by atoms with Gasteiger partial charge < -0.3 is 15.0 Å². The number of hydrogen-bond donors (Lipinski definition) is 1. The topological polar surface area (TPSA) is 27.7 Å². The second-order valence-corrected chi connectivity index (χ2v) is 5.44. The Hall–Kier alpha value is -0.160. The minimum atomic E-state index is 0.635. The quantitative estimate of drug-likeness (QED) is 0.657. The van der Waals surface area contributed by atoms with Crippen molar-refractivity contribution in [3.8, 4) is 0 Å². The number of likely N-dealkylation sites (N-methyl/N-ethyl adjacent to an activating group) is 1. The van der Waals surface area contributed by atoms with Crippen LogP contribution in [0.2, 0.25) is 0 Å². The maximum atomic E-state index is 5.05. The molecular weight excluding hydrogens is 226 g/mol. The molecule has 0 aromatic heterocycles. The Morgan fingerprint density at radius 3 is 2.83 bits per heavy atom. The van der Waals surface area contributed by atoms with Gasteiger partial charge >= 0.3 is 0 Å². The van der Waals surface area contributed by atoms with E-state index in [2.05, 4.69) is 36.0 Å². The molecule has 108 valence electrons. The molecule has 18 heavy (non-hydrogen) atoms. The van der Waals surface area contributed by atoms with Crippen molar-refractivity contribution in [2.45, 2.75) is 38.8 Å². The van der Waals surface area contributed by atoms with Crippen LogP contribution >= 0.6 is 0 Å². The van der Waals surface area contributed by atoms with Crippen molar-refractivity contribution in [3.63, 3.8) is 0 Å². The predicted molar refractivity (Wildman–Crippen MR) is 77.1 cm³/mol. The van der Waals surface area contributed by atoms with E-state index in [4.69, 9.17) is 4.74 Å². The van der Waals surface area contributed by atoms with E-state index < -0.39 is 0 Å². The average molecular weight is 257 g/mol. The summed E-state index contributed by atoms with van der Waals surface area (Å²) in [6, 6.07) is 1.37. The number of rotatable bonds is 8. The van der Waals surface area contributed by atoms with Crippen LogP contribution in [-0.4, -0.2) is 75.4 Å². The van der Waals surface area contributed by atoms with Gasteiger partial charge in [0.1, 0.15) is 0 Å². The lowest BCUT2D eigenvalue weighted by molar-refractivity contribution is 0.0673. The van der Waals surface area contributed by atoms with Gasteiger partial charge in [-0.15, -0.1) is 0 Å². The van der Waals surface area contributed by atoms with Gasteiger partial charge in [0, 0.05) is 52.0 Å². The van der Waals surface area contributed by atoms with Crippen molar-refractivity contribution in [2.75, 3.05) is 53.5 Å². The first-order chi connectivity index (χ1) is 8.69. The van der Waals surface area contributed by atoms with Gasteiger partial charge in [0.2, 0.25) is 0 Å². The fourth-order valence-electron chi connectivity index (χ4n) is 2.59. The molecule has 1 saturated heterocycles. The lowest BCUT2D eigenvalue weighted by atomic mass is 10.1. The molecule has 1 heterocycles. The largest absolute Gasteiger partial charge is 0.385 e. The molecule has 4 heteroatoms. The Balaban J connectivity index is 2.18. The molecule has 2 unspecified atom stereocenters. The first kappa shape index (κ1) is 15.9. The molecule has 1 fully saturated rings. The van der Waals surface area contributed by atoms with Gasteiger partial charge in [0.15, 0.2) is 0 Å². The molecule has 0 saturated carbocycles. The first-order valence-corrected chi connectivity index (χ1v) is 7.33. The monoisotopic (exact) mass is 257 g/mol. The van der Waals surface area contributed by atoms with E-state index in [1.807, 2.05) is 0 Å². The van der Waals surface area contributed by atoms with Crippen LogP contribution in [0, 0.1) is 0 Å². The van der Waals surface area contributed by atoms with Gasteiger partial charge in [0.25, 0.3) is 0 Å². The third-order valence-electron chi connectivity index (χ3n) is 4.04. The number of nitrogens with one attached hydrogen (secondary N) is 1. The molecule has 4 nitrogen and oxygen atoms in total. The Morgan fingerprint density at radius 1 is 1.39 bits per heavy atom. The summed E-state index contributed by atoms with van der Waals surface area (Å²) in [5.41, 5.74) is 0. The molecule has 1 aliphatic heterocycles. The summed E-state index contributed by atoms with van der Waals surface area (Å²) < 4.78 is 5.05. The SMILES string of the molecule is CCC1CN(C(C)CNCCCOC)CCN1C. The summed E-state index contributed by atoms with van der Waals surface area (Å²) in [5.74, 6) is 0. The number of hydrogen-bond acceptors (Lipinski definition) is 4. The van der Waals surface area contributed by atoms with Crippen LogP contribution < -0.4 is 5.32 Å². The average Bonchev–Trinajstić information content (AvgIpc) is 2.38. The van der Waals surface area contributed by atoms with E-state index in [9.17, 15) is 0 Å². The van der Waals surface area contributed by atoms with E-state index in [1.54, 1.807) is 7.11 Å². The molecule has 0 spiro atoms. The van der Waals surface area contributed by atoms with Gasteiger partial charge in [-0.2, -0.15) is 0 Å². The normalized spacial score (nSPS) is 24.3. The number of methoxy groups -OCH3 is 1. The molecule has 0 aliphatic carbocycles. The Kier molecular flexibility index (Phi) is 7.82. The van der Waals surface area contributed by atoms with E-state index in [1.165, 1.54) is 26.1 Å². The summed E-state index contributed by atoms with van der Waals surface area (Å²) in [4.78, 5) is 5.12. The zero-order valence-corrected chi connectivity index (χ0v) is 12.6. The smallest absolute Gasteiger partial charge is 0.0474 e. The van der Waals surface area contributed by atoms with Crippen LogP contribution in [0.25, 0.3) is 0 Å². The van der Waals surface area contributed by atoms with Gasteiger partial charge in [-0.3, -0.25) is 4.90 Å². The van der Waals surface area contributed by atoms with Gasteiger partial charge in [0.05, 0.1) is 0 Å². The zero-order chi connectivity index (χ0) is 13.4. The molecule has 1 N–H and O–H groups in total. The van der Waals surface area contributed by atoms with E-state index >= 15 is 0 Å². The molecule has 0 radical (unpaired) electrons. The summed E-state index contributed by atoms with van der Waals surface area (Å²) in [6.45, 7) is 11.2. The van der Waals surface area contributed by atoms with Crippen molar-refractivity contribution in [1.82, 2.24) is 15.1 Å². The molecule has 0 amide bonds. The zero-order valence-electron chi connectivity index (χ0n) is 12.6. The van der Waals surface area contributed by atoms with Gasteiger partial charge in [-0.1, -0.05) is 6.92 Å². The van der Waals surface area contributed by atoms with Gasteiger partial charge in [-0.25, -0.2) is 0 Å². The number of nitrogens with zero attached hydrogens (tertiary/aromatic N) is 2. The Labute approximate surface area is 113 Å². The maximum absolute atomic E-state index is 5.05. The number of ether oxygens (including phenoxy) is 1. The van der Waals surface area contributed by atoms with Crippen LogP contribution in [0.1, 0.15) is 26.7 Å². The molecular formula is C14H31N3O. The van der Waals surface area contributed by atoms with Crippen molar-refractivity contribution >= 4 is 0 Å². The first-order valence-electron chi connectivity index (χ1n) is 7.33. The molecule has 0 aromatic carbocycles. The lowest BCUT2D eigenvalue weighted by Gasteiger charge is -2.42. The highest BCUT2D eigenvalue weighted by atomic mass is 16.5. The third-order valence-corrected chi connectivity index (χ3v) is 4.04. The van der Waals surface area contributed by atoms with Crippen LogP contribution in [-0.2, 0) is 4.74 Å². The van der Waals surface area contributed by atoms with E-state index in [0.717, 1.165) is 32.2 Å². The molecule has 1 rings (SSSR count). The number of piperazine rings is 1. The standard InChI is InChI=1S/C14H31N3O/c1-5-14-12-17(9-8-16(14)3)13(2)11-15-7-6-10-18-4/h13-15H,5-12H2,1-4H3. The van der Waals surface area contributed by atoms with Gasteiger partial charge in [-0.05, 0) is 33.4 Å². The van der Waals surface area contributed by atoms with Crippen LogP contribution in [0.4, 0.5) is 0 Å². The molecule has 0 aromatic rings. The molecule has 1 aliphatic rings. The van der Waals surface area contributed by atoms with Crippen LogP contribution in [0.15, 0.2) is 0 Å². The van der Waals surface area contributed by atoms with Crippen LogP contribution in [0.5, 0.6) is 0 Å². The fraction of sp³-hybridized carbons (Fsp3) is 1.00. The van der Waals surface area contributed by atoms with Crippen molar-refractivity contribution in [3.05, 3.63) is 0 Å². The molecule has 2 atom stereocenters. The Morgan fingerprint density at radius 2 is 2.17 bits per heavy atom. The highest BCUT2D eigenvalue weighted by Crippen LogP contribution is 2.12. The maximum Gasteiger partial charge on any atom is 0.0474 e. The summed E-state index contributed by atoms with van der Waals surface area (Å²) in [7, 11) is 4.01. The fourth-order valence-corrected chi connectivity index (χ4v) is 2.59. The summed E-state index contributed by atoms with van der Waals surface area (Å²) in [6.07, 6.45) is 2.35. The second-order valence-electron chi connectivity index (χ2n) is 5.44. The highest BCUT2D eigenvalue weighted by molar-refractivity contribution is 4.82. The van der Waals surface area contributed by atoms with Crippen LogP contribution in [0.3, 0.4) is 0 Å². The van der Waals surface area contributed by atoms with Crippen molar-refractivity contribution in [1.29, 1.82) is 0 Å². The second kappa shape index (κ2) is 8.86. The van der Waals surface area contributed by atoms with Crippen molar-refractivity contribution < 1.29 is 4.74 Å². The Bertz CT molecular complexity index is 213. The summed E-state index contributed by atoms with van der Waals surface area (Å²) in [5, 5.41) is 3.53. The lowest BCUT2D eigenvalue weighted by Crippen LogP contribution is -2.55. The summed E-state index contributed by atoms with van der Waals surface area (Å²) >= 11 is 0. The predicted octanol–water partition coefficient (Wildman–Crippen LogP) is 1.03. The van der Waals surface area contributed by atoms with E-state index in [-0.39, 0.29) is 0 Å². The third kappa shape index (κ3) is 5.22. The van der Waals surface area contributed by atoms with E-state index in [0.29, 0.717) is 6.04 Å². The minimum Gasteiger partial charge on any atom is -0.385 e. The highest BCUT2D eigenvalue weighted by Gasteiger charge is 2.25. The minimum absolute atomic E-state index is 0.635. The molecule has 0 bridgehead atoms. The van der Waals surface area contributed by atoms with Crippen molar-refractivity contribution in [2.24, 2.45) is 0 Å².